The van der Waals surface area contributed by atoms with Gasteiger partial charge in [0.1, 0.15) is 10.8 Å². The summed E-state index contributed by atoms with van der Waals surface area (Å²) in [5.74, 6) is -0.239. The highest BCUT2D eigenvalue weighted by Gasteiger charge is 2.19. The second kappa shape index (κ2) is 7.82. The van der Waals surface area contributed by atoms with Gasteiger partial charge in [0, 0.05) is 10.9 Å². The molecule has 0 aliphatic carbocycles. The number of fused-ring (bicyclic) bond motifs is 3. The second-order valence-corrected chi connectivity index (χ2v) is 7.41. The monoisotopic (exact) mass is 358 g/mol. The number of unbranched alkanes of at least 4 members (excludes halogenated alkanes) is 2. The molecule has 0 radical (unpaired) electrons. The van der Waals surface area contributed by atoms with Crippen LogP contribution in [0.1, 0.15) is 38.7 Å². The number of esters is 1. The summed E-state index contributed by atoms with van der Waals surface area (Å²) >= 11 is 1.26. The number of rotatable bonds is 7. The number of H-pyrrole nitrogens is 1. The molecule has 1 N–H and O–H groups in total. The molecule has 2 heterocycles. The molecule has 0 saturated heterocycles. The highest BCUT2D eigenvalue weighted by molar-refractivity contribution is 8.00. The minimum Gasteiger partial charge on any atom is -0.465 e. The number of benzene rings is 1. The summed E-state index contributed by atoms with van der Waals surface area (Å²) in [7, 11) is 0. The van der Waals surface area contributed by atoms with Crippen molar-refractivity contribution in [2.24, 2.45) is 0 Å². The Hall–Kier alpha value is -2.15. The van der Waals surface area contributed by atoms with E-state index in [0.29, 0.717) is 17.4 Å². The van der Waals surface area contributed by atoms with E-state index in [-0.39, 0.29) is 11.2 Å². The maximum Gasteiger partial charge on any atom is 0.319 e. The third-order valence-electron chi connectivity index (χ3n) is 3.96. The fourth-order valence-corrected chi connectivity index (χ4v) is 3.28. The number of aromatic nitrogens is 4. The van der Waals surface area contributed by atoms with Crippen LogP contribution in [0.5, 0.6) is 0 Å². The van der Waals surface area contributed by atoms with Crippen molar-refractivity contribution in [1.82, 2.24) is 20.2 Å². The van der Waals surface area contributed by atoms with Gasteiger partial charge in [0.15, 0.2) is 5.65 Å². The lowest BCUT2D eigenvalue weighted by Crippen LogP contribution is -2.18. The lowest BCUT2D eigenvalue weighted by Gasteiger charge is -2.09. The summed E-state index contributed by atoms with van der Waals surface area (Å²) in [6.07, 6.45) is 3.07. The molecule has 1 aromatic carbocycles. The topological polar surface area (TPSA) is 80.8 Å². The molecule has 3 aromatic rings. The van der Waals surface area contributed by atoms with Crippen LogP contribution in [-0.2, 0) is 9.53 Å². The predicted molar refractivity (Wildman–Crippen MR) is 99.7 cm³/mol. The largest absolute Gasteiger partial charge is 0.465 e. The summed E-state index contributed by atoms with van der Waals surface area (Å²) < 4.78 is 5.28. The number of hydrogen-bond donors (Lipinski definition) is 1. The zero-order valence-electron chi connectivity index (χ0n) is 14.7. The lowest BCUT2D eigenvalue weighted by molar-refractivity contribution is -0.142. The summed E-state index contributed by atoms with van der Waals surface area (Å²) in [5, 5.41) is 9.57. The molecule has 0 saturated carbocycles. The zero-order chi connectivity index (χ0) is 17.8. The van der Waals surface area contributed by atoms with Gasteiger partial charge in [-0.1, -0.05) is 43.2 Å². The van der Waals surface area contributed by atoms with Gasteiger partial charge in [-0.25, -0.2) is 4.98 Å². The molecule has 25 heavy (non-hydrogen) atoms. The highest BCUT2D eigenvalue weighted by atomic mass is 32.2. The number of nitrogens with one attached hydrogen (secondary N) is 1. The van der Waals surface area contributed by atoms with Crippen molar-refractivity contribution in [1.29, 1.82) is 0 Å². The number of ether oxygens (including phenoxy) is 1. The van der Waals surface area contributed by atoms with Crippen LogP contribution < -0.4 is 0 Å². The van der Waals surface area contributed by atoms with E-state index in [9.17, 15) is 4.79 Å². The Balaban J connectivity index is 1.71. The summed E-state index contributed by atoms with van der Waals surface area (Å²) in [6.45, 7) is 6.43. The van der Waals surface area contributed by atoms with E-state index in [2.05, 4.69) is 33.2 Å². The fraction of sp³-hybridized carbons (Fsp3) is 0.444. The third kappa shape index (κ3) is 4.10. The SMILES string of the molecule is CCCCCOC(=O)C(C)Sc1nnc2c(n1)[nH]c1ccc(C)cc12. The molecule has 3 rings (SSSR count). The van der Waals surface area contributed by atoms with Crippen LogP contribution in [0, 0.1) is 6.92 Å². The van der Waals surface area contributed by atoms with Gasteiger partial charge in [0.2, 0.25) is 5.16 Å². The van der Waals surface area contributed by atoms with Gasteiger partial charge >= 0.3 is 5.97 Å². The predicted octanol–water partition coefficient (Wildman–Crippen LogP) is 4.03. The number of carbonyl (C=O) groups is 1. The molecular formula is C18H22N4O2S. The first-order valence-corrected chi connectivity index (χ1v) is 9.42. The van der Waals surface area contributed by atoms with Crippen LogP contribution in [0.25, 0.3) is 22.1 Å². The van der Waals surface area contributed by atoms with Crippen molar-refractivity contribution in [2.45, 2.75) is 50.4 Å². The number of hydrogen-bond acceptors (Lipinski definition) is 6. The maximum atomic E-state index is 12.0. The standard InChI is InChI=1S/C18H22N4O2S/c1-4-5-6-9-24-17(23)12(3)25-18-20-16-15(21-22-18)13-10-11(2)7-8-14(13)19-16/h7-8,10,12H,4-6,9H2,1-3H3,(H,19,20,22). The van der Waals surface area contributed by atoms with E-state index in [1.54, 1.807) is 6.92 Å². The van der Waals surface area contributed by atoms with Gasteiger partial charge in [-0.05, 0) is 32.4 Å². The molecule has 0 spiro atoms. The van der Waals surface area contributed by atoms with E-state index in [4.69, 9.17) is 4.74 Å². The lowest BCUT2D eigenvalue weighted by atomic mass is 10.2. The van der Waals surface area contributed by atoms with Gasteiger partial charge in [0.25, 0.3) is 0 Å². The normalized spacial score (nSPS) is 12.6. The molecule has 0 amide bonds. The van der Waals surface area contributed by atoms with Crippen LogP contribution in [0.3, 0.4) is 0 Å². The van der Waals surface area contributed by atoms with Crippen LogP contribution in [0.15, 0.2) is 23.4 Å². The van der Waals surface area contributed by atoms with Gasteiger partial charge in [-0.15, -0.1) is 10.2 Å². The minimum absolute atomic E-state index is 0.239. The van der Waals surface area contributed by atoms with Gasteiger partial charge in [0.05, 0.1) is 6.61 Å². The number of nitrogens with zero attached hydrogens (tertiary/aromatic N) is 3. The summed E-state index contributed by atoms with van der Waals surface area (Å²) in [4.78, 5) is 19.8. The Morgan fingerprint density at radius 3 is 2.96 bits per heavy atom. The first kappa shape index (κ1) is 17.7. The molecule has 1 atom stereocenters. The summed E-state index contributed by atoms with van der Waals surface area (Å²) in [6, 6.07) is 6.11. The average molecular weight is 358 g/mol. The number of thioether (sulfide) groups is 1. The Labute approximate surface area is 150 Å². The Morgan fingerprint density at radius 1 is 1.32 bits per heavy atom. The molecule has 0 fully saturated rings. The van der Waals surface area contributed by atoms with Gasteiger partial charge < -0.3 is 9.72 Å². The van der Waals surface area contributed by atoms with Crippen molar-refractivity contribution in [2.75, 3.05) is 6.61 Å². The molecule has 0 bridgehead atoms. The van der Waals surface area contributed by atoms with E-state index in [1.807, 2.05) is 19.1 Å². The highest BCUT2D eigenvalue weighted by Crippen LogP contribution is 2.26. The molecule has 0 aliphatic heterocycles. The van der Waals surface area contributed by atoms with E-state index >= 15 is 0 Å². The Bertz CT molecular complexity index is 893. The van der Waals surface area contributed by atoms with E-state index in [0.717, 1.165) is 41.2 Å². The number of aryl methyl sites for hydroxylation is 1. The maximum absolute atomic E-state index is 12.0. The quantitative estimate of drug-likeness (QED) is 0.390. The van der Waals surface area contributed by atoms with Crippen molar-refractivity contribution in [3.8, 4) is 0 Å². The molecular weight excluding hydrogens is 336 g/mol. The van der Waals surface area contributed by atoms with E-state index in [1.165, 1.54) is 11.8 Å². The van der Waals surface area contributed by atoms with Crippen molar-refractivity contribution < 1.29 is 9.53 Å². The Kier molecular flexibility index (Phi) is 5.53. The van der Waals surface area contributed by atoms with Crippen LogP contribution >= 0.6 is 11.8 Å². The van der Waals surface area contributed by atoms with Crippen molar-refractivity contribution >= 4 is 39.8 Å². The first-order valence-electron chi connectivity index (χ1n) is 8.54. The number of carbonyl (C=O) groups excluding carboxylic acids is 1. The van der Waals surface area contributed by atoms with Crippen molar-refractivity contribution in [3.05, 3.63) is 23.8 Å². The van der Waals surface area contributed by atoms with Gasteiger partial charge in [-0.3, -0.25) is 4.79 Å². The zero-order valence-corrected chi connectivity index (χ0v) is 15.5. The van der Waals surface area contributed by atoms with Crippen LogP contribution in [-0.4, -0.2) is 38.0 Å². The summed E-state index contributed by atoms with van der Waals surface area (Å²) in [5.41, 5.74) is 3.57. The second-order valence-electron chi connectivity index (χ2n) is 6.10. The Morgan fingerprint density at radius 2 is 2.16 bits per heavy atom. The fourth-order valence-electron chi connectivity index (χ4n) is 2.57. The molecule has 1 unspecified atom stereocenters. The van der Waals surface area contributed by atoms with Gasteiger partial charge in [-0.2, -0.15) is 0 Å². The van der Waals surface area contributed by atoms with Crippen molar-refractivity contribution in [3.63, 3.8) is 0 Å². The molecule has 0 aliphatic rings. The molecule has 7 heteroatoms. The van der Waals surface area contributed by atoms with Crippen LogP contribution in [0.2, 0.25) is 0 Å². The molecule has 2 aromatic heterocycles. The molecule has 6 nitrogen and oxygen atoms in total. The first-order chi connectivity index (χ1) is 12.1. The van der Waals surface area contributed by atoms with E-state index < -0.39 is 0 Å². The van der Waals surface area contributed by atoms with Crippen LogP contribution in [0.4, 0.5) is 0 Å². The number of aromatic amines is 1. The smallest absolute Gasteiger partial charge is 0.319 e. The average Bonchev–Trinajstić information content (AvgIpc) is 2.95. The molecule has 132 valence electrons. The minimum atomic E-state index is -0.368. The third-order valence-corrected chi connectivity index (χ3v) is 4.89.